The molecule has 0 unspecified atom stereocenters. The summed E-state index contributed by atoms with van der Waals surface area (Å²) in [7, 11) is 3.31. The number of aromatic nitrogens is 4. The standard InChI is InChI=1S/C18H19N5O3/c1-22-16(12-15(21-22)13-5-3-6-14(11-13)26-2)17(24)19-8-10-23-9-4-7-20-18(23)25/h3-7,9,11-12H,8,10H2,1-2H3,(H,19,24). The number of nitrogens with one attached hydrogen (secondary N) is 1. The van der Waals surface area contributed by atoms with Crippen LogP contribution in [0.4, 0.5) is 0 Å². The molecule has 0 saturated carbocycles. The van der Waals surface area contributed by atoms with Crippen LogP contribution in [-0.2, 0) is 13.6 Å². The van der Waals surface area contributed by atoms with Crippen LogP contribution in [0.3, 0.4) is 0 Å². The van der Waals surface area contributed by atoms with Crippen molar-refractivity contribution < 1.29 is 9.53 Å². The molecule has 0 fully saturated rings. The molecule has 26 heavy (non-hydrogen) atoms. The lowest BCUT2D eigenvalue weighted by Gasteiger charge is -2.06. The molecule has 1 amide bonds. The Balaban J connectivity index is 1.69. The third-order valence-corrected chi connectivity index (χ3v) is 3.90. The van der Waals surface area contributed by atoms with Gasteiger partial charge >= 0.3 is 5.69 Å². The van der Waals surface area contributed by atoms with Gasteiger partial charge in [-0.05, 0) is 24.3 Å². The Kier molecular flexibility index (Phi) is 5.12. The molecule has 0 aliphatic carbocycles. The third-order valence-electron chi connectivity index (χ3n) is 3.90. The van der Waals surface area contributed by atoms with Crippen LogP contribution in [0.2, 0.25) is 0 Å². The molecular formula is C18H19N5O3. The van der Waals surface area contributed by atoms with E-state index < -0.39 is 0 Å². The Labute approximate surface area is 150 Å². The molecule has 1 aromatic carbocycles. The van der Waals surface area contributed by atoms with Crippen LogP contribution in [-0.4, -0.2) is 38.9 Å². The molecule has 2 aromatic heterocycles. The zero-order valence-corrected chi connectivity index (χ0v) is 14.5. The van der Waals surface area contributed by atoms with Crippen molar-refractivity contribution in [2.75, 3.05) is 13.7 Å². The van der Waals surface area contributed by atoms with Gasteiger partial charge in [-0.2, -0.15) is 5.10 Å². The van der Waals surface area contributed by atoms with Gasteiger partial charge in [-0.15, -0.1) is 0 Å². The van der Waals surface area contributed by atoms with Crippen molar-refractivity contribution >= 4 is 5.91 Å². The van der Waals surface area contributed by atoms with Gasteiger partial charge in [0.2, 0.25) is 0 Å². The number of aryl methyl sites for hydroxylation is 1. The Hall–Kier alpha value is -3.42. The summed E-state index contributed by atoms with van der Waals surface area (Å²) in [5.41, 5.74) is 1.63. The van der Waals surface area contributed by atoms with Crippen LogP contribution in [0.25, 0.3) is 11.3 Å². The third kappa shape index (κ3) is 3.80. The quantitative estimate of drug-likeness (QED) is 0.716. The summed E-state index contributed by atoms with van der Waals surface area (Å²) in [4.78, 5) is 27.6. The molecule has 2 heterocycles. The normalized spacial score (nSPS) is 10.5. The van der Waals surface area contributed by atoms with Crippen molar-refractivity contribution in [1.29, 1.82) is 0 Å². The van der Waals surface area contributed by atoms with E-state index in [0.717, 1.165) is 11.3 Å². The first-order valence-electron chi connectivity index (χ1n) is 8.06. The highest BCUT2D eigenvalue weighted by Crippen LogP contribution is 2.23. The number of amides is 1. The maximum atomic E-state index is 12.4. The Morgan fingerprint density at radius 3 is 2.88 bits per heavy atom. The predicted molar refractivity (Wildman–Crippen MR) is 96.0 cm³/mol. The van der Waals surface area contributed by atoms with Gasteiger partial charge in [-0.25, -0.2) is 9.78 Å². The molecule has 0 radical (unpaired) electrons. The highest BCUT2D eigenvalue weighted by Gasteiger charge is 2.14. The van der Waals surface area contributed by atoms with Gasteiger partial charge in [0, 0.05) is 38.1 Å². The number of carbonyl (C=O) groups is 1. The minimum atomic E-state index is -0.345. The van der Waals surface area contributed by atoms with Gasteiger partial charge in [-0.1, -0.05) is 12.1 Å². The van der Waals surface area contributed by atoms with E-state index in [4.69, 9.17) is 4.74 Å². The lowest BCUT2D eigenvalue weighted by molar-refractivity contribution is 0.0942. The van der Waals surface area contributed by atoms with E-state index in [-0.39, 0.29) is 11.6 Å². The summed E-state index contributed by atoms with van der Waals surface area (Å²) in [6.07, 6.45) is 3.07. The average molecular weight is 353 g/mol. The maximum Gasteiger partial charge on any atom is 0.347 e. The van der Waals surface area contributed by atoms with Crippen LogP contribution < -0.4 is 15.7 Å². The number of nitrogens with zero attached hydrogens (tertiary/aromatic N) is 4. The van der Waals surface area contributed by atoms with Crippen LogP contribution in [0.1, 0.15) is 10.5 Å². The monoisotopic (exact) mass is 353 g/mol. The zero-order chi connectivity index (χ0) is 18.5. The van der Waals surface area contributed by atoms with Gasteiger partial charge in [0.1, 0.15) is 11.4 Å². The van der Waals surface area contributed by atoms with Gasteiger partial charge in [0.05, 0.1) is 12.8 Å². The molecule has 0 saturated heterocycles. The summed E-state index contributed by atoms with van der Waals surface area (Å²) < 4.78 is 8.18. The summed E-state index contributed by atoms with van der Waals surface area (Å²) >= 11 is 0. The molecule has 8 nitrogen and oxygen atoms in total. The fourth-order valence-electron chi connectivity index (χ4n) is 2.54. The van der Waals surface area contributed by atoms with E-state index in [0.29, 0.717) is 24.5 Å². The minimum Gasteiger partial charge on any atom is -0.497 e. The van der Waals surface area contributed by atoms with Crippen LogP contribution in [0.15, 0.2) is 53.6 Å². The van der Waals surface area contributed by atoms with Gasteiger partial charge in [0.25, 0.3) is 5.91 Å². The number of rotatable bonds is 6. The van der Waals surface area contributed by atoms with Crippen molar-refractivity contribution in [3.8, 4) is 17.0 Å². The largest absolute Gasteiger partial charge is 0.497 e. The zero-order valence-electron chi connectivity index (χ0n) is 14.5. The molecule has 8 heteroatoms. The molecule has 3 aromatic rings. The second-order valence-corrected chi connectivity index (χ2v) is 5.62. The van der Waals surface area contributed by atoms with Gasteiger partial charge in [-0.3, -0.25) is 14.0 Å². The highest BCUT2D eigenvalue weighted by molar-refractivity contribution is 5.93. The fraction of sp³-hybridized carbons (Fsp3) is 0.222. The summed E-state index contributed by atoms with van der Waals surface area (Å²) in [5.74, 6) is 0.465. The van der Waals surface area contributed by atoms with Crippen molar-refractivity contribution in [1.82, 2.24) is 24.6 Å². The number of hydrogen-bond acceptors (Lipinski definition) is 5. The average Bonchev–Trinajstić information content (AvgIpc) is 3.05. The molecule has 0 aliphatic heterocycles. The number of methoxy groups -OCH3 is 1. The van der Waals surface area contributed by atoms with E-state index in [1.807, 2.05) is 24.3 Å². The number of hydrogen-bond donors (Lipinski definition) is 1. The molecule has 1 N–H and O–H groups in total. The topological polar surface area (TPSA) is 91.0 Å². The molecule has 134 valence electrons. The predicted octanol–water partition coefficient (Wildman–Crippen LogP) is 1.08. The molecule has 0 aliphatic rings. The van der Waals surface area contributed by atoms with Gasteiger partial charge in [0.15, 0.2) is 0 Å². The van der Waals surface area contributed by atoms with Crippen LogP contribution >= 0.6 is 0 Å². The SMILES string of the molecule is COc1cccc(-c2cc(C(=O)NCCn3cccnc3=O)n(C)n2)c1. The Morgan fingerprint density at radius 2 is 2.12 bits per heavy atom. The lowest BCUT2D eigenvalue weighted by Crippen LogP contribution is -2.32. The maximum absolute atomic E-state index is 12.4. The van der Waals surface area contributed by atoms with E-state index in [9.17, 15) is 9.59 Å². The number of carbonyl (C=O) groups excluding carboxylic acids is 1. The second kappa shape index (κ2) is 7.64. The van der Waals surface area contributed by atoms with Crippen LogP contribution in [0.5, 0.6) is 5.75 Å². The first kappa shape index (κ1) is 17.4. The molecule has 3 rings (SSSR count). The smallest absolute Gasteiger partial charge is 0.347 e. The summed E-state index contributed by atoms with van der Waals surface area (Å²) in [6, 6.07) is 10.9. The van der Waals surface area contributed by atoms with E-state index >= 15 is 0 Å². The lowest BCUT2D eigenvalue weighted by atomic mass is 10.1. The molecule has 0 atom stereocenters. The van der Waals surface area contributed by atoms with Crippen molar-refractivity contribution in [3.05, 3.63) is 65.0 Å². The van der Waals surface area contributed by atoms with E-state index in [1.165, 1.54) is 15.4 Å². The minimum absolute atomic E-state index is 0.258. The molecular weight excluding hydrogens is 334 g/mol. The highest BCUT2D eigenvalue weighted by atomic mass is 16.5. The molecule has 0 spiro atoms. The summed E-state index contributed by atoms with van der Waals surface area (Å²) in [6.45, 7) is 0.656. The molecule has 0 bridgehead atoms. The first-order chi connectivity index (χ1) is 12.6. The second-order valence-electron chi connectivity index (χ2n) is 5.62. The van der Waals surface area contributed by atoms with Crippen molar-refractivity contribution in [2.45, 2.75) is 6.54 Å². The Morgan fingerprint density at radius 1 is 1.27 bits per heavy atom. The number of benzene rings is 1. The fourth-order valence-corrected chi connectivity index (χ4v) is 2.54. The van der Waals surface area contributed by atoms with Gasteiger partial charge < -0.3 is 10.1 Å². The van der Waals surface area contributed by atoms with Crippen LogP contribution in [0, 0.1) is 0 Å². The summed E-state index contributed by atoms with van der Waals surface area (Å²) in [5, 5.41) is 7.18. The van der Waals surface area contributed by atoms with E-state index in [2.05, 4.69) is 15.4 Å². The number of ether oxygens (including phenoxy) is 1. The van der Waals surface area contributed by atoms with Crippen molar-refractivity contribution in [3.63, 3.8) is 0 Å². The first-order valence-corrected chi connectivity index (χ1v) is 8.06. The Bertz CT molecular complexity index is 977. The van der Waals surface area contributed by atoms with Crippen molar-refractivity contribution in [2.24, 2.45) is 7.05 Å². The van der Waals surface area contributed by atoms with E-state index in [1.54, 1.807) is 32.5 Å².